The van der Waals surface area contributed by atoms with Gasteiger partial charge in [-0.15, -0.1) is 0 Å². The summed E-state index contributed by atoms with van der Waals surface area (Å²) in [6, 6.07) is 9.91. The number of nitrogens with zero attached hydrogens (tertiary/aromatic N) is 3. The third kappa shape index (κ3) is 2.68. The molecule has 0 aliphatic carbocycles. The van der Waals surface area contributed by atoms with Crippen LogP contribution in [0.15, 0.2) is 41.5 Å². The number of methoxy groups -OCH3 is 1. The van der Waals surface area contributed by atoms with Crippen molar-refractivity contribution >= 4 is 27.9 Å². The summed E-state index contributed by atoms with van der Waals surface area (Å²) in [5.74, 6) is -0.524. The van der Waals surface area contributed by atoms with E-state index in [0.717, 1.165) is 5.56 Å². The molecule has 0 saturated heterocycles. The molecular weight excluding hydrogens is 344 g/mol. The number of aromatic amines is 1. The second-order valence-electron chi connectivity index (χ2n) is 6.41. The highest BCUT2D eigenvalue weighted by molar-refractivity contribution is 6.14. The van der Waals surface area contributed by atoms with E-state index in [0.29, 0.717) is 45.4 Å². The Labute approximate surface area is 154 Å². The van der Waals surface area contributed by atoms with E-state index in [4.69, 9.17) is 4.74 Å². The van der Waals surface area contributed by atoms with Crippen LogP contribution in [0.5, 0.6) is 0 Å². The first-order chi connectivity index (χ1) is 13.0. The summed E-state index contributed by atoms with van der Waals surface area (Å²) in [6.07, 6.45) is 1.67. The van der Waals surface area contributed by atoms with Crippen molar-refractivity contribution in [3.63, 3.8) is 0 Å². The summed E-state index contributed by atoms with van der Waals surface area (Å²) < 4.78 is 6.89. The third-order valence-electron chi connectivity index (χ3n) is 4.68. The highest BCUT2D eigenvalue weighted by Crippen LogP contribution is 2.28. The highest BCUT2D eigenvalue weighted by Gasteiger charge is 2.23. The van der Waals surface area contributed by atoms with Crippen molar-refractivity contribution in [2.45, 2.75) is 20.4 Å². The molecule has 136 valence electrons. The molecule has 1 N–H and O–H groups in total. The number of hydrogen-bond donors (Lipinski definition) is 1. The number of pyridine rings is 2. The lowest BCUT2D eigenvalue weighted by atomic mass is 10.0. The molecule has 7 heteroatoms. The van der Waals surface area contributed by atoms with Gasteiger partial charge in [0.2, 0.25) is 0 Å². The largest absolute Gasteiger partial charge is 0.465 e. The number of nitrogens with one attached hydrogen (secondary N) is 1. The van der Waals surface area contributed by atoms with Crippen molar-refractivity contribution in [1.29, 1.82) is 0 Å². The van der Waals surface area contributed by atoms with E-state index < -0.39 is 5.97 Å². The average Bonchev–Trinajstić information content (AvgIpc) is 3.04. The summed E-state index contributed by atoms with van der Waals surface area (Å²) in [6.45, 7) is 4.05. The number of aryl methyl sites for hydroxylation is 2. The van der Waals surface area contributed by atoms with E-state index in [9.17, 15) is 9.59 Å². The van der Waals surface area contributed by atoms with Gasteiger partial charge in [0, 0.05) is 11.9 Å². The Hall–Kier alpha value is -3.48. The Balaban J connectivity index is 2.14. The van der Waals surface area contributed by atoms with Crippen LogP contribution in [0.3, 0.4) is 0 Å². The number of ether oxygens (including phenoxy) is 1. The molecule has 0 saturated carbocycles. The molecule has 3 aromatic heterocycles. The van der Waals surface area contributed by atoms with Gasteiger partial charge in [-0.25, -0.2) is 9.78 Å². The lowest BCUT2D eigenvalue weighted by Crippen LogP contribution is -2.15. The number of imidazole rings is 1. The number of H-pyrrole nitrogens is 1. The fraction of sp³-hybridized carbons (Fsp3) is 0.200. The maximum Gasteiger partial charge on any atom is 0.340 e. The maximum atomic E-state index is 12.7. The van der Waals surface area contributed by atoms with Crippen LogP contribution in [-0.4, -0.2) is 32.6 Å². The Morgan fingerprint density at radius 3 is 2.59 bits per heavy atom. The molecule has 0 aliphatic rings. The minimum Gasteiger partial charge on any atom is -0.465 e. The lowest BCUT2D eigenvalue weighted by Gasteiger charge is -2.13. The fourth-order valence-corrected chi connectivity index (χ4v) is 3.52. The number of esters is 1. The Morgan fingerprint density at radius 2 is 1.89 bits per heavy atom. The Morgan fingerprint density at radius 1 is 1.15 bits per heavy atom. The zero-order valence-electron chi connectivity index (χ0n) is 15.2. The van der Waals surface area contributed by atoms with E-state index in [2.05, 4.69) is 15.0 Å². The Bertz CT molecular complexity index is 1240. The molecule has 0 fully saturated rings. The maximum absolute atomic E-state index is 12.7. The smallest absolute Gasteiger partial charge is 0.340 e. The number of carbonyl (C=O) groups is 1. The molecule has 0 amide bonds. The van der Waals surface area contributed by atoms with Crippen LogP contribution < -0.4 is 5.56 Å². The van der Waals surface area contributed by atoms with Crippen molar-refractivity contribution in [3.05, 3.63) is 69.5 Å². The van der Waals surface area contributed by atoms with Gasteiger partial charge < -0.3 is 14.3 Å². The molecule has 0 atom stereocenters. The number of carbonyl (C=O) groups excluding carboxylic acids is 1. The first-order valence-electron chi connectivity index (χ1n) is 8.51. The number of benzene rings is 1. The van der Waals surface area contributed by atoms with Gasteiger partial charge in [0.15, 0.2) is 5.65 Å². The number of hydrogen-bond acceptors (Lipinski definition) is 5. The van der Waals surface area contributed by atoms with Gasteiger partial charge in [-0.2, -0.15) is 0 Å². The molecule has 3 heterocycles. The van der Waals surface area contributed by atoms with Crippen molar-refractivity contribution in [2.24, 2.45) is 0 Å². The van der Waals surface area contributed by atoms with Crippen LogP contribution in [0, 0.1) is 13.8 Å². The Kier molecular flexibility index (Phi) is 3.99. The van der Waals surface area contributed by atoms with Crippen LogP contribution in [0.1, 0.15) is 27.3 Å². The molecule has 4 aromatic rings. The molecule has 4 rings (SSSR count). The summed E-state index contributed by atoms with van der Waals surface area (Å²) >= 11 is 0. The van der Waals surface area contributed by atoms with Crippen LogP contribution in [-0.2, 0) is 11.3 Å². The number of rotatable bonds is 3. The monoisotopic (exact) mass is 362 g/mol. The second-order valence-corrected chi connectivity index (χ2v) is 6.41. The van der Waals surface area contributed by atoms with Gasteiger partial charge in [-0.1, -0.05) is 30.3 Å². The first kappa shape index (κ1) is 17.0. The van der Waals surface area contributed by atoms with E-state index in [1.54, 1.807) is 20.2 Å². The molecule has 0 spiro atoms. The second kappa shape index (κ2) is 6.35. The number of fused-ring (bicyclic) bond motifs is 3. The standard InChI is InChI=1S/C20H18N4O3/c1-11-14-16(15(12(2)22-11)20(26)27-3)17-18(23-19(14)25)21-10-24(17)9-13-7-5-4-6-8-13/h4-8,10H,9H2,1-3H3,(H,23,25). The van der Waals surface area contributed by atoms with Crippen LogP contribution in [0.25, 0.3) is 21.9 Å². The van der Waals surface area contributed by atoms with Crippen molar-refractivity contribution < 1.29 is 9.53 Å². The van der Waals surface area contributed by atoms with Gasteiger partial charge >= 0.3 is 5.97 Å². The summed E-state index contributed by atoms with van der Waals surface area (Å²) in [5.41, 5.74) is 3.25. The van der Waals surface area contributed by atoms with Gasteiger partial charge in [0.25, 0.3) is 5.56 Å². The first-order valence-corrected chi connectivity index (χ1v) is 8.51. The van der Waals surface area contributed by atoms with E-state index >= 15 is 0 Å². The summed E-state index contributed by atoms with van der Waals surface area (Å²) in [5, 5.41) is 0.905. The summed E-state index contributed by atoms with van der Waals surface area (Å²) in [7, 11) is 1.32. The molecule has 1 aromatic carbocycles. The normalized spacial score (nSPS) is 11.2. The van der Waals surface area contributed by atoms with E-state index in [1.807, 2.05) is 34.9 Å². The predicted molar refractivity (Wildman–Crippen MR) is 102 cm³/mol. The predicted octanol–water partition coefficient (Wildman–Crippen LogP) is 2.72. The van der Waals surface area contributed by atoms with E-state index in [1.165, 1.54) is 7.11 Å². The SMILES string of the molecule is COC(=O)c1c(C)nc(C)c2c(=O)[nH]c3ncn(Cc4ccccc4)c3c12. The van der Waals surface area contributed by atoms with Gasteiger partial charge in [-0.3, -0.25) is 9.78 Å². The topological polar surface area (TPSA) is 89.9 Å². The van der Waals surface area contributed by atoms with Crippen LogP contribution in [0.4, 0.5) is 0 Å². The van der Waals surface area contributed by atoms with Crippen molar-refractivity contribution in [3.8, 4) is 0 Å². The molecule has 0 aliphatic heterocycles. The van der Waals surface area contributed by atoms with Gasteiger partial charge in [0.05, 0.1) is 41.3 Å². The fourth-order valence-electron chi connectivity index (χ4n) is 3.52. The number of aromatic nitrogens is 4. The van der Waals surface area contributed by atoms with Crippen LogP contribution >= 0.6 is 0 Å². The summed E-state index contributed by atoms with van der Waals surface area (Å²) in [4.78, 5) is 36.7. The molecular formula is C20H18N4O3. The lowest BCUT2D eigenvalue weighted by molar-refractivity contribution is 0.0601. The van der Waals surface area contributed by atoms with E-state index in [-0.39, 0.29) is 5.56 Å². The third-order valence-corrected chi connectivity index (χ3v) is 4.68. The average molecular weight is 362 g/mol. The van der Waals surface area contributed by atoms with Crippen molar-refractivity contribution in [2.75, 3.05) is 7.11 Å². The highest BCUT2D eigenvalue weighted by atomic mass is 16.5. The van der Waals surface area contributed by atoms with Crippen LogP contribution in [0.2, 0.25) is 0 Å². The molecule has 27 heavy (non-hydrogen) atoms. The minimum absolute atomic E-state index is 0.295. The zero-order valence-corrected chi connectivity index (χ0v) is 15.2. The zero-order chi connectivity index (χ0) is 19.1. The van der Waals surface area contributed by atoms with Gasteiger partial charge in [0.1, 0.15) is 0 Å². The molecule has 0 unspecified atom stereocenters. The van der Waals surface area contributed by atoms with Gasteiger partial charge in [-0.05, 0) is 19.4 Å². The molecule has 7 nitrogen and oxygen atoms in total. The van der Waals surface area contributed by atoms with Crippen molar-refractivity contribution in [1.82, 2.24) is 19.5 Å². The minimum atomic E-state index is -0.524. The molecule has 0 radical (unpaired) electrons. The quantitative estimate of drug-likeness (QED) is 0.566. The molecule has 0 bridgehead atoms.